The van der Waals surface area contributed by atoms with Gasteiger partial charge in [0.1, 0.15) is 6.04 Å². The van der Waals surface area contributed by atoms with E-state index in [-0.39, 0.29) is 31.3 Å². The number of amides is 2. The van der Waals surface area contributed by atoms with Crippen LogP contribution in [0.15, 0.2) is 54.6 Å². The van der Waals surface area contributed by atoms with Gasteiger partial charge in [0.15, 0.2) is 6.10 Å². The van der Waals surface area contributed by atoms with E-state index >= 15 is 0 Å². The molecule has 0 aromatic heterocycles. The molecule has 2 aromatic carbocycles. The molecule has 2 aromatic rings. The lowest BCUT2D eigenvalue weighted by atomic mass is 9.88. The van der Waals surface area contributed by atoms with E-state index in [4.69, 9.17) is 4.74 Å². The van der Waals surface area contributed by atoms with Crippen molar-refractivity contribution in [1.29, 1.82) is 0 Å². The molecule has 4 rings (SSSR count). The number of carbonyl (C=O) groups excluding carboxylic acids is 3. The second-order valence-electron chi connectivity index (χ2n) is 8.87. The van der Waals surface area contributed by atoms with Crippen molar-refractivity contribution >= 4 is 23.8 Å². The van der Waals surface area contributed by atoms with Crippen molar-refractivity contribution in [2.24, 2.45) is 5.92 Å². The van der Waals surface area contributed by atoms with Crippen LogP contribution in [0.4, 0.5) is 0 Å². The smallest absolute Gasteiger partial charge is 0.308 e. The SMILES string of the molecule is CC(=O)O[C@H](Cc1ccccc1)C(=O)N[C@H]1Cc2ccccc2[C@H]2CC[C@@H](C(=O)O)CN2C1=O. The number of carboxylic acids is 1. The second-order valence-corrected chi connectivity index (χ2v) is 8.87. The third-order valence-electron chi connectivity index (χ3n) is 6.53. The minimum atomic E-state index is -1.09. The van der Waals surface area contributed by atoms with Gasteiger partial charge in [-0.2, -0.15) is 0 Å². The van der Waals surface area contributed by atoms with Gasteiger partial charge in [0.25, 0.3) is 5.91 Å². The number of fused-ring (bicyclic) bond motifs is 3. The van der Waals surface area contributed by atoms with Crippen LogP contribution in [-0.4, -0.2) is 52.4 Å². The van der Waals surface area contributed by atoms with Gasteiger partial charge in [0, 0.05) is 26.3 Å². The van der Waals surface area contributed by atoms with Crippen molar-refractivity contribution in [2.45, 2.75) is 50.8 Å². The summed E-state index contributed by atoms with van der Waals surface area (Å²) in [5, 5.41) is 12.3. The van der Waals surface area contributed by atoms with E-state index in [9.17, 15) is 24.3 Å². The fraction of sp³-hybridized carbons (Fsp3) is 0.385. The van der Waals surface area contributed by atoms with Gasteiger partial charge < -0.3 is 20.1 Å². The number of hydrogen-bond donors (Lipinski definition) is 2. The van der Waals surface area contributed by atoms with Crippen molar-refractivity contribution in [2.75, 3.05) is 6.54 Å². The molecule has 2 heterocycles. The Hall–Kier alpha value is -3.68. The summed E-state index contributed by atoms with van der Waals surface area (Å²) in [6.45, 7) is 1.33. The van der Waals surface area contributed by atoms with E-state index in [1.165, 1.54) is 6.92 Å². The number of ether oxygens (including phenoxy) is 1. The number of piperidine rings is 1. The van der Waals surface area contributed by atoms with Crippen molar-refractivity contribution in [3.8, 4) is 0 Å². The average molecular weight is 465 g/mol. The summed E-state index contributed by atoms with van der Waals surface area (Å²) < 4.78 is 5.30. The van der Waals surface area contributed by atoms with Gasteiger partial charge in [-0.05, 0) is 29.5 Å². The predicted molar refractivity (Wildman–Crippen MR) is 123 cm³/mol. The summed E-state index contributed by atoms with van der Waals surface area (Å²) in [5.74, 6) is -3.04. The molecule has 1 fully saturated rings. The minimum Gasteiger partial charge on any atom is -0.481 e. The standard InChI is InChI=1S/C26H28N2O6/c1-16(29)34-23(13-17-7-3-2-4-8-17)24(30)27-21-14-18-9-5-6-10-20(18)22-12-11-19(26(32)33)15-28(22)25(21)31/h2-10,19,21-23H,11-15H2,1H3,(H,27,30)(H,32,33)/t19-,21+,22-,23-/m1/s1. The zero-order chi connectivity index (χ0) is 24.2. The zero-order valence-corrected chi connectivity index (χ0v) is 19.0. The number of carbonyl (C=O) groups is 4. The van der Waals surface area contributed by atoms with Crippen LogP contribution >= 0.6 is 0 Å². The molecule has 8 heteroatoms. The molecule has 0 saturated carbocycles. The number of aliphatic carboxylic acids is 1. The third-order valence-corrected chi connectivity index (χ3v) is 6.53. The topological polar surface area (TPSA) is 113 Å². The Morgan fingerprint density at radius 3 is 2.50 bits per heavy atom. The molecule has 2 N–H and O–H groups in total. The number of carboxylic acid groups (broad SMARTS) is 1. The Balaban J connectivity index is 1.59. The Morgan fingerprint density at radius 2 is 1.79 bits per heavy atom. The summed E-state index contributed by atoms with van der Waals surface area (Å²) in [6, 6.07) is 15.8. The maximum Gasteiger partial charge on any atom is 0.308 e. The van der Waals surface area contributed by atoms with E-state index in [2.05, 4.69) is 5.32 Å². The maximum absolute atomic E-state index is 13.6. The molecule has 2 aliphatic rings. The summed E-state index contributed by atoms with van der Waals surface area (Å²) in [6.07, 6.45) is 0.404. The van der Waals surface area contributed by atoms with Crippen LogP contribution in [0.5, 0.6) is 0 Å². The number of rotatable bonds is 6. The molecule has 1 saturated heterocycles. The molecule has 0 spiro atoms. The fourth-order valence-electron chi connectivity index (χ4n) is 4.89. The molecule has 0 unspecified atom stereocenters. The quantitative estimate of drug-likeness (QED) is 0.634. The lowest BCUT2D eigenvalue weighted by Gasteiger charge is -2.39. The van der Waals surface area contributed by atoms with Crippen LogP contribution in [0.25, 0.3) is 0 Å². The Labute approximate surface area is 197 Å². The zero-order valence-electron chi connectivity index (χ0n) is 19.0. The molecule has 0 bridgehead atoms. The summed E-state index contributed by atoms with van der Waals surface area (Å²) in [7, 11) is 0. The lowest BCUT2D eigenvalue weighted by molar-refractivity contribution is -0.155. The van der Waals surface area contributed by atoms with E-state index < -0.39 is 35.9 Å². The summed E-state index contributed by atoms with van der Waals surface area (Å²) in [4.78, 5) is 51.7. The molecule has 2 aliphatic heterocycles. The number of hydrogen-bond acceptors (Lipinski definition) is 5. The number of nitrogens with zero attached hydrogens (tertiary/aromatic N) is 1. The van der Waals surface area contributed by atoms with Crippen molar-refractivity contribution in [3.63, 3.8) is 0 Å². The molecule has 2 amide bonds. The summed E-state index contributed by atoms with van der Waals surface area (Å²) >= 11 is 0. The van der Waals surface area contributed by atoms with Crippen molar-refractivity contribution in [3.05, 3.63) is 71.3 Å². The predicted octanol–water partition coefficient (Wildman–Crippen LogP) is 2.27. The van der Waals surface area contributed by atoms with Gasteiger partial charge in [-0.15, -0.1) is 0 Å². The Morgan fingerprint density at radius 1 is 1.09 bits per heavy atom. The summed E-state index contributed by atoms with van der Waals surface area (Å²) in [5.41, 5.74) is 2.74. The molecule has 4 atom stereocenters. The first kappa shape index (κ1) is 23.5. The van der Waals surface area contributed by atoms with Gasteiger partial charge in [-0.1, -0.05) is 54.6 Å². The van der Waals surface area contributed by atoms with Crippen molar-refractivity contribution in [1.82, 2.24) is 10.2 Å². The van der Waals surface area contributed by atoms with Crippen molar-refractivity contribution < 1.29 is 29.0 Å². The van der Waals surface area contributed by atoms with Crippen LogP contribution in [-0.2, 0) is 36.8 Å². The molecular formula is C26H28N2O6. The highest BCUT2D eigenvalue weighted by atomic mass is 16.5. The monoisotopic (exact) mass is 464 g/mol. The van der Waals surface area contributed by atoms with E-state index in [0.717, 1.165) is 16.7 Å². The molecule has 178 valence electrons. The van der Waals surface area contributed by atoms with Crippen LogP contribution in [0.2, 0.25) is 0 Å². The Bertz CT molecular complexity index is 1090. The third kappa shape index (κ3) is 5.11. The van der Waals surface area contributed by atoms with Crippen LogP contribution in [0.3, 0.4) is 0 Å². The highest BCUT2D eigenvalue weighted by Crippen LogP contribution is 2.38. The van der Waals surface area contributed by atoms with Crippen LogP contribution in [0, 0.1) is 5.92 Å². The minimum absolute atomic E-state index is 0.0942. The normalized spacial score (nSPS) is 22.6. The van der Waals surface area contributed by atoms with E-state index in [1.54, 1.807) is 4.90 Å². The van der Waals surface area contributed by atoms with Gasteiger partial charge in [-0.25, -0.2) is 0 Å². The van der Waals surface area contributed by atoms with E-state index in [1.807, 2.05) is 54.6 Å². The first-order chi connectivity index (χ1) is 16.3. The van der Waals surface area contributed by atoms with Crippen LogP contribution in [0.1, 0.15) is 42.5 Å². The highest BCUT2D eigenvalue weighted by molar-refractivity contribution is 5.91. The van der Waals surface area contributed by atoms with Gasteiger partial charge >= 0.3 is 11.9 Å². The fourth-order valence-corrected chi connectivity index (χ4v) is 4.89. The number of nitrogens with one attached hydrogen (secondary N) is 1. The highest BCUT2D eigenvalue weighted by Gasteiger charge is 2.42. The molecule has 0 aliphatic carbocycles. The Kier molecular flexibility index (Phi) is 6.95. The van der Waals surface area contributed by atoms with Crippen LogP contribution < -0.4 is 5.32 Å². The number of esters is 1. The number of benzene rings is 2. The first-order valence-corrected chi connectivity index (χ1v) is 11.5. The molecular weight excluding hydrogens is 436 g/mol. The van der Waals surface area contributed by atoms with Gasteiger partial charge in [0.05, 0.1) is 12.0 Å². The average Bonchev–Trinajstić information content (AvgIpc) is 2.93. The van der Waals surface area contributed by atoms with Gasteiger partial charge in [0.2, 0.25) is 5.91 Å². The maximum atomic E-state index is 13.6. The first-order valence-electron chi connectivity index (χ1n) is 11.5. The van der Waals surface area contributed by atoms with E-state index in [0.29, 0.717) is 12.8 Å². The molecule has 8 nitrogen and oxygen atoms in total. The molecule has 34 heavy (non-hydrogen) atoms. The lowest BCUT2D eigenvalue weighted by Crippen LogP contribution is -2.54. The van der Waals surface area contributed by atoms with Gasteiger partial charge in [-0.3, -0.25) is 19.2 Å². The second kappa shape index (κ2) is 10.1. The largest absolute Gasteiger partial charge is 0.481 e. The molecule has 0 radical (unpaired) electrons.